The Labute approximate surface area is 128 Å². The van der Waals surface area contributed by atoms with Crippen molar-refractivity contribution < 1.29 is 34.4 Å². The Kier molecular flexibility index (Phi) is 32.6. The van der Waals surface area contributed by atoms with Crippen LogP contribution >= 0.6 is 0 Å². The van der Waals surface area contributed by atoms with Gasteiger partial charge in [0, 0.05) is 0 Å². The van der Waals surface area contributed by atoms with Crippen molar-refractivity contribution in [3.05, 3.63) is 0 Å². The van der Waals surface area contributed by atoms with Crippen molar-refractivity contribution in [1.29, 1.82) is 5.26 Å². The molecule has 4 heteroatoms. The zero-order valence-electron chi connectivity index (χ0n) is 11.5. The van der Waals surface area contributed by atoms with Gasteiger partial charge < -0.3 is 10.5 Å². The van der Waals surface area contributed by atoms with Crippen LogP contribution in [-0.2, 0) is 4.79 Å². The van der Waals surface area contributed by atoms with E-state index in [-0.39, 0.29) is 29.6 Å². The van der Waals surface area contributed by atoms with Crippen molar-refractivity contribution in [3.63, 3.8) is 0 Å². The Bertz CT molecular complexity index is 169. The summed E-state index contributed by atoms with van der Waals surface area (Å²) in [6.45, 7) is 2.25. The third-order valence-corrected chi connectivity index (χ3v) is 2.38. The molecule has 0 fully saturated rings. The molecule has 0 radical (unpaired) electrons. The van der Waals surface area contributed by atoms with Crippen LogP contribution in [0.25, 0.3) is 0 Å². The van der Waals surface area contributed by atoms with Gasteiger partial charge >= 0.3 is 29.6 Å². The minimum absolute atomic E-state index is 0. The number of rotatable bonds is 10. The minimum atomic E-state index is 0. The normalized spacial score (nSPS) is 8.24. The quantitative estimate of drug-likeness (QED) is 0.201. The van der Waals surface area contributed by atoms with Crippen molar-refractivity contribution in [2.24, 2.45) is 5.73 Å². The number of carbonyl (C=O) groups excluding carboxylic acids is 1. The predicted molar refractivity (Wildman–Crippen MR) is 67.3 cm³/mol. The average Bonchev–Trinajstić information content (AvgIpc) is 2.28. The molecule has 2 N–H and O–H groups in total. The molecule has 0 saturated carbocycles. The molecule has 3 nitrogen and oxygen atoms in total. The monoisotopic (exact) mass is 248 g/mol. The molecule has 0 spiro atoms. The van der Waals surface area contributed by atoms with E-state index >= 15 is 0 Å². The molecule has 0 aliphatic carbocycles. The van der Waals surface area contributed by atoms with E-state index in [1.54, 1.807) is 0 Å². The van der Waals surface area contributed by atoms with Crippen LogP contribution in [0.15, 0.2) is 0 Å². The van der Waals surface area contributed by atoms with E-state index in [0.717, 1.165) is 6.42 Å². The third-order valence-electron chi connectivity index (χ3n) is 2.38. The summed E-state index contributed by atoms with van der Waals surface area (Å²) in [6, 6.07) is 0. The molecule has 0 unspecified atom stereocenters. The number of nitrogens with two attached hydrogens (primary N) is 1. The molecule has 0 bridgehead atoms. The van der Waals surface area contributed by atoms with Crippen LogP contribution in [-0.4, -0.2) is 6.29 Å². The van der Waals surface area contributed by atoms with Crippen LogP contribution in [0.3, 0.4) is 0 Å². The van der Waals surface area contributed by atoms with E-state index in [0.29, 0.717) is 6.42 Å². The van der Waals surface area contributed by atoms with E-state index in [2.05, 4.69) is 12.7 Å². The fourth-order valence-electron chi connectivity index (χ4n) is 1.51. The molecule has 0 atom stereocenters. The first-order chi connectivity index (χ1) is 7.83. The maximum Gasteiger partial charge on any atom is 1.00 e. The SMILES string of the molecule is CCCCCCCCCCC[C-]=O.N#CN.[Na+]. The first kappa shape index (κ1) is 22.2. The fraction of sp³-hybridized carbons (Fsp3) is 0.846. The molecule has 0 aromatic carbocycles. The summed E-state index contributed by atoms with van der Waals surface area (Å²) in [7, 11) is 0. The van der Waals surface area contributed by atoms with Crippen molar-refractivity contribution >= 4 is 6.29 Å². The number of nitriles is 1. The number of hydrogen-bond acceptors (Lipinski definition) is 3. The molecular formula is C13H25N2NaO. The maximum atomic E-state index is 9.89. The zero-order valence-corrected chi connectivity index (χ0v) is 13.5. The Morgan fingerprint density at radius 3 is 1.71 bits per heavy atom. The van der Waals surface area contributed by atoms with Crippen molar-refractivity contribution in [2.45, 2.75) is 71.1 Å². The van der Waals surface area contributed by atoms with E-state index in [1.165, 1.54) is 57.6 Å². The number of hydrogen-bond donors (Lipinski definition) is 1. The summed E-state index contributed by atoms with van der Waals surface area (Å²) in [5.74, 6) is 0. The largest absolute Gasteiger partial charge is 1.00 e. The van der Waals surface area contributed by atoms with Gasteiger partial charge in [-0.1, -0.05) is 64.7 Å². The van der Waals surface area contributed by atoms with E-state index in [9.17, 15) is 4.79 Å². The number of unbranched alkanes of at least 4 members (excludes halogenated alkanes) is 9. The second-order valence-corrected chi connectivity index (χ2v) is 3.85. The average molecular weight is 248 g/mol. The topological polar surface area (TPSA) is 66.9 Å². The van der Waals surface area contributed by atoms with E-state index in [4.69, 9.17) is 5.26 Å². The summed E-state index contributed by atoms with van der Waals surface area (Å²) >= 11 is 0. The fourth-order valence-corrected chi connectivity index (χ4v) is 1.51. The van der Waals surface area contributed by atoms with Gasteiger partial charge in [-0.2, -0.15) is 11.7 Å². The molecule has 94 valence electrons. The van der Waals surface area contributed by atoms with Crippen molar-refractivity contribution in [2.75, 3.05) is 0 Å². The predicted octanol–water partition coefficient (Wildman–Crippen LogP) is 0.447. The van der Waals surface area contributed by atoms with Gasteiger partial charge in [-0.15, -0.1) is 0 Å². The first-order valence-corrected chi connectivity index (χ1v) is 6.28. The van der Waals surface area contributed by atoms with Crippen LogP contribution in [0.4, 0.5) is 0 Å². The molecule has 0 aliphatic heterocycles. The van der Waals surface area contributed by atoms with Crippen LogP contribution in [0.1, 0.15) is 71.1 Å². The van der Waals surface area contributed by atoms with Crippen molar-refractivity contribution in [3.8, 4) is 6.19 Å². The molecule has 0 aliphatic rings. The molecule has 0 heterocycles. The molecule has 0 aromatic rings. The summed E-state index contributed by atoms with van der Waals surface area (Å²) in [5, 5.41) is 7.10. The van der Waals surface area contributed by atoms with Gasteiger partial charge in [0.2, 0.25) is 0 Å². The van der Waals surface area contributed by atoms with Gasteiger partial charge in [-0.3, -0.25) is 6.29 Å². The summed E-state index contributed by atoms with van der Waals surface area (Å²) in [4.78, 5) is 9.89. The summed E-state index contributed by atoms with van der Waals surface area (Å²) in [6.07, 6.45) is 15.6. The van der Waals surface area contributed by atoms with Gasteiger partial charge in [0.25, 0.3) is 0 Å². The molecular weight excluding hydrogens is 223 g/mol. The Morgan fingerprint density at radius 1 is 1.00 bits per heavy atom. The van der Waals surface area contributed by atoms with Gasteiger partial charge in [0.05, 0.1) is 0 Å². The minimum Gasteiger partial charge on any atom is -0.542 e. The van der Waals surface area contributed by atoms with Crippen LogP contribution in [0, 0.1) is 11.5 Å². The first-order valence-electron chi connectivity index (χ1n) is 6.28. The Balaban J connectivity index is -0.000000440. The Morgan fingerprint density at radius 2 is 1.35 bits per heavy atom. The third kappa shape index (κ3) is 31.4. The van der Waals surface area contributed by atoms with Crippen LogP contribution in [0.5, 0.6) is 0 Å². The Hall–Kier alpha value is -0.0400. The molecule has 0 aromatic heterocycles. The van der Waals surface area contributed by atoms with Crippen molar-refractivity contribution in [1.82, 2.24) is 0 Å². The van der Waals surface area contributed by atoms with E-state index < -0.39 is 0 Å². The molecule has 0 saturated heterocycles. The molecule has 0 rings (SSSR count). The maximum absolute atomic E-state index is 9.89. The van der Waals surface area contributed by atoms with Gasteiger partial charge in [0.1, 0.15) is 0 Å². The summed E-state index contributed by atoms with van der Waals surface area (Å²) in [5.41, 5.74) is 4.15. The second kappa shape index (κ2) is 25.0. The standard InChI is InChI=1S/C12H23O.CH2N2.Na/c1-2-3-4-5-6-7-8-9-10-11-12-13;2-1-3;/h2-11H2,1H3;2H2;/q-1;;+1. The molecule has 17 heavy (non-hydrogen) atoms. The zero-order chi connectivity index (χ0) is 12.5. The van der Waals surface area contributed by atoms with Crippen LogP contribution < -0.4 is 35.3 Å². The smallest absolute Gasteiger partial charge is 0.542 e. The van der Waals surface area contributed by atoms with Gasteiger partial charge in [-0.05, 0) is 0 Å². The number of nitrogens with zero attached hydrogens (tertiary/aromatic N) is 1. The van der Waals surface area contributed by atoms with Crippen LogP contribution in [0.2, 0.25) is 0 Å². The second-order valence-electron chi connectivity index (χ2n) is 3.85. The summed E-state index contributed by atoms with van der Waals surface area (Å²) < 4.78 is 0. The van der Waals surface area contributed by atoms with Gasteiger partial charge in [0.15, 0.2) is 6.19 Å². The molecule has 0 amide bonds. The van der Waals surface area contributed by atoms with Gasteiger partial charge in [-0.25, -0.2) is 0 Å². The van der Waals surface area contributed by atoms with E-state index in [1.807, 2.05) is 6.29 Å².